The van der Waals surface area contributed by atoms with Crippen molar-refractivity contribution in [1.29, 1.82) is 0 Å². The largest absolute Gasteiger partial charge is 0.512 e. The van der Waals surface area contributed by atoms with Crippen LogP contribution in [0.3, 0.4) is 0 Å². The predicted molar refractivity (Wildman–Crippen MR) is 35.6 cm³/mol. The number of allylic oxidation sites excluding steroid dienone is 1. The van der Waals surface area contributed by atoms with Gasteiger partial charge >= 0.3 is 5.97 Å². The molecule has 4 heteroatoms. The number of carbonyl (C=O) groups is 2. The second-order valence-corrected chi connectivity index (χ2v) is 2.84. The first kappa shape index (κ1) is 7.78. The standard InChI is InChI=1S/C7H8O4/c1-7(2)5(9)4(3-8)11-6(7)10/h3,8H,1-2H3/b4-3+. The van der Waals surface area contributed by atoms with Gasteiger partial charge in [-0.1, -0.05) is 0 Å². The zero-order valence-corrected chi connectivity index (χ0v) is 6.25. The minimum Gasteiger partial charge on any atom is -0.512 e. The van der Waals surface area contributed by atoms with Gasteiger partial charge in [-0.05, 0) is 13.8 Å². The highest BCUT2D eigenvalue weighted by molar-refractivity contribution is 6.16. The minimum atomic E-state index is -1.14. The van der Waals surface area contributed by atoms with Crippen LogP contribution in [0.15, 0.2) is 12.0 Å². The topological polar surface area (TPSA) is 63.6 Å². The van der Waals surface area contributed by atoms with Gasteiger partial charge < -0.3 is 9.84 Å². The van der Waals surface area contributed by atoms with E-state index in [1.54, 1.807) is 0 Å². The lowest BCUT2D eigenvalue weighted by atomic mass is 9.90. The molecule has 0 amide bonds. The van der Waals surface area contributed by atoms with Gasteiger partial charge in [-0.25, -0.2) is 0 Å². The summed E-state index contributed by atoms with van der Waals surface area (Å²) >= 11 is 0. The molecule has 11 heavy (non-hydrogen) atoms. The number of aliphatic hydroxyl groups excluding tert-OH is 1. The Labute approximate surface area is 63.5 Å². The second-order valence-electron chi connectivity index (χ2n) is 2.84. The average Bonchev–Trinajstić information content (AvgIpc) is 2.14. The number of hydrogen-bond acceptors (Lipinski definition) is 4. The Kier molecular flexibility index (Phi) is 1.47. The van der Waals surface area contributed by atoms with Crippen LogP contribution in [0.2, 0.25) is 0 Å². The lowest BCUT2D eigenvalue weighted by Crippen LogP contribution is -2.25. The summed E-state index contributed by atoms with van der Waals surface area (Å²) in [5.41, 5.74) is -1.14. The molecule has 1 heterocycles. The Balaban J connectivity index is 3.08. The van der Waals surface area contributed by atoms with Crippen LogP contribution in [0.4, 0.5) is 0 Å². The number of Topliss-reactive ketones (excluding diaryl/α,β-unsaturated/α-hetero) is 1. The molecule has 0 aromatic carbocycles. The molecule has 1 aliphatic rings. The van der Waals surface area contributed by atoms with Crippen molar-refractivity contribution in [3.05, 3.63) is 12.0 Å². The Bertz CT molecular complexity index is 249. The smallest absolute Gasteiger partial charge is 0.325 e. The third kappa shape index (κ3) is 0.906. The van der Waals surface area contributed by atoms with Crippen molar-refractivity contribution in [3.8, 4) is 0 Å². The molecule has 1 fully saturated rings. The van der Waals surface area contributed by atoms with Crippen molar-refractivity contribution >= 4 is 11.8 Å². The van der Waals surface area contributed by atoms with E-state index in [1.165, 1.54) is 13.8 Å². The van der Waals surface area contributed by atoms with Crippen LogP contribution in [0.1, 0.15) is 13.8 Å². The first-order valence-electron chi connectivity index (χ1n) is 3.11. The molecule has 0 atom stereocenters. The maximum absolute atomic E-state index is 11.1. The normalized spacial score (nSPS) is 25.8. The fraction of sp³-hybridized carbons (Fsp3) is 0.429. The summed E-state index contributed by atoms with van der Waals surface area (Å²) in [7, 11) is 0. The SMILES string of the molecule is CC1(C)C(=O)O/C(=C/O)C1=O. The minimum absolute atomic E-state index is 0.278. The summed E-state index contributed by atoms with van der Waals surface area (Å²) in [6, 6.07) is 0. The fourth-order valence-corrected chi connectivity index (χ4v) is 0.759. The molecule has 0 unspecified atom stereocenters. The van der Waals surface area contributed by atoms with Crippen molar-refractivity contribution in [2.75, 3.05) is 0 Å². The number of cyclic esters (lactones) is 1. The van der Waals surface area contributed by atoms with E-state index < -0.39 is 17.2 Å². The van der Waals surface area contributed by atoms with Gasteiger partial charge in [0.15, 0.2) is 0 Å². The Morgan fingerprint density at radius 1 is 1.45 bits per heavy atom. The zero-order valence-electron chi connectivity index (χ0n) is 6.25. The van der Waals surface area contributed by atoms with Gasteiger partial charge in [0.2, 0.25) is 11.5 Å². The highest BCUT2D eigenvalue weighted by atomic mass is 16.6. The number of hydrogen-bond donors (Lipinski definition) is 1. The van der Waals surface area contributed by atoms with Gasteiger partial charge in [0.1, 0.15) is 11.7 Å². The molecule has 0 aromatic heterocycles. The molecule has 0 bridgehead atoms. The monoisotopic (exact) mass is 156 g/mol. The molecule has 1 saturated heterocycles. The molecule has 4 nitrogen and oxygen atoms in total. The summed E-state index contributed by atoms with van der Waals surface area (Å²) in [5, 5.41) is 8.43. The van der Waals surface area contributed by atoms with Crippen LogP contribution in [0, 0.1) is 5.41 Å². The van der Waals surface area contributed by atoms with Gasteiger partial charge in [-0.2, -0.15) is 0 Å². The Morgan fingerprint density at radius 2 is 2.00 bits per heavy atom. The second kappa shape index (κ2) is 2.08. The first-order chi connectivity index (χ1) is 5.00. The summed E-state index contributed by atoms with van der Waals surface area (Å²) < 4.78 is 4.46. The van der Waals surface area contributed by atoms with E-state index in [9.17, 15) is 9.59 Å². The summed E-state index contributed by atoms with van der Waals surface area (Å²) in [4.78, 5) is 22.0. The molecular formula is C7H8O4. The molecule has 0 spiro atoms. The predicted octanol–water partition coefficient (Wildman–Crippen LogP) is 0.538. The average molecular weight is 156 g/mol. The van der Waals surface area contributed by atoms with Crippen LogP contribution in [-0.4, -0.2) is 16.9 Å². The third-order valence-corrected chi connectivity index (χ3v) is 1.62. The number of carbonyl (C=O) groups excluding carboxylic acids is 2. The highest BCUT2D eigenvalue weighted by Crippen LogP contribution is 2.31. The number of ether oxygens (including phenoxy) is 1. The van der Waals surface area contributed by atoms with Crippen molar-refractivity contribution in [1.82, 2.24) is 0 Å². The molecule has 1 N–H and O–H groups in total. The Hall–Kier alpha value is -1.32. The van der Waals surface area contributed by atoms with E-state index in [2.05, 4.69) is 4.74 Å². The Morgan fingerprint density at radius 3 is 2.18 bits per heavy atom. The van der Waals surface area contributed by atoms with E-state index in [-0.39, 0.29) is 5.76 Å². The summed E-state index contributed by atoms with van der Waals surface area (Å²) in [5.74, 6) is -1.38. The molecule has 1 rings (SSSR count). The van der Waals surface area contributed by atoms with Crippen LogP contribution in [-0.2, 0) is 14.3 Å². The van der Waals surface area contributed by atoms with Crippen LogP contribution < -0.4 is 0 Å². The van der Waals surface area contributed by atoms with E-state index >= 15 is 0 Å². The first-order valence-corrected chi connectivity index (χ1v) is 3.11. The maximum Gasteiger partial charge on any atom is 0.325 e. The van der Waals surface area contributed by atoms with Gasteiger partial charge in [-0.3, -0.25) is 9.59 Å². The highest BCUT2D eigenvalue weighted by Gasteiger charge is 2.47. The van der Waals surface area contributed by atoms with Crippen LogP contribution >= 0.6 is 0 Å². The van der Waals surface area contributed by atoms with Crippen molar-refractivity contribution in [3.63, 3.8) is 0 Å². The van der Waals surface area contributed by atoms with E-state index in [0.717, 1.165) is 0 Å². The summed E-state index contributed by atoms with van der Waals surface area (Å²) in [6.07, 6.45) is 0.509. The summed E-state index contributed by atoms with van der Waals surface area (Å²) in [6.45, 7) is 2.91. The molecular weight excluding hydrogens is 148 g/mol. The molecule has 0 aromatic rings. The van der Waals surface area contributed by atoms with E-state index in [1.807, 2.05) is 0 Å². The van der Waals surface area contributed by atoms with Gasteiger partial charge in [-0.15, -0.1) is 0 Å². The number of rotatable bonds is 0. The lowest BCUT2D eigenvalue weighted by Gasteiger charge is -2.05. The van der Waals surface area contributed by atoms with Gasteiger partial charge in [0.05, 0.1) is 0 Å². The van der Waals surface area contributed by atoms with E-state index in [4.69, 9.17) is 5.11 Å². The number of ketones is 1. The number of aliphatic hydroxyl groups is 1. The maximum atomic E-state index is 11.1. The van der Waals surface area contributed by atoms with Crippen LogP contribution in [0.5, 0.6) is 0 Å². The number of esters is 1. The van der Waals surface area contributed by atoms with Crippen molar-refractivity contribution < 1.29 is 19.4 Å². The quantitative estimate of drug-likeness (QED) is 0.240. The van der Waals surface area contributed by atoms with Gasteiger partial charge in [0, 0.05) is 0 Å². The van der Waals surface area contributed by atoms with E-state index in [0.29, 0.717) is 6.26 Å². The molecule has 1 aliphatic heterocycles. The molecule has 0 radical (unpaired) electrons. The molecule has 0 saturated carbocycles. The van der Waals surface area contributed by atoms with Crippen molar-refractivity contribution in [2.45, 2.75) is 13.8 Å². The van der Waals surface area contributed by atoms with Gasteiger partial charge in [0.25, 0.3) is 0 Å². The molecule has 0 aliphatic carbocycles. The van der Waals surface area contributed by atoms with Crippen LogP contribution in [0.25, 0.3) is 0 Å². The zero-order chi connectivity index (χ0) is 8.65. The third-order valence-electron chi connectivity index (χ3n) is 1.62. The lowest BCUT2D eigenvalue weighted by molar-refractivity contribution is -0.144. The fourth-order valence-electron chi connectivity index (χ4n) is 0.759. The molecule has 60 valence electrons. The van der Waals surface area contributed by atoms with Crippen molar-refractivity contribution in [2.24, 2.45) is 5.41 Å².